The van der Waals surface area contributed by atoms with Crippen LogP contribution < -0.4 is 9.47 Å². The molecule has 3 aromatic rings. The Balaban J connectivity index is 2.02. The first-order valence-corrected chi connectivity index (χ1v) is 12.3. The Morgan fingerprint density at radius 2 is 1.06 bits per heavy atom. The zero-order valence-corrected chi connectivity index (χ0v) is 20.2. The molecule has 0 bridgehead atoms. The van der Waals surface area contributed by atoms with Crippen LogP contribution in [0.25, 0.3) is 21.5 Å². The predicted molar refractivity (Wildman–Crippen MR) is 139 cm³/mol. The molecular weight excluding hydrogens is 392 g/mol. The minimum absolute atomic E-state index is 0.907. The largest absolute Gasteiger partial charge is 0.464 e. The molecule has 0 aliphatic rings. The van der Waals surface area contributed by atoms with Gasteiger partial charge in [-0.25, -0.2) is 0 Å². The van der Waals surface area contributed by atoms with E-state index in [0.717, 1.165) is 45.9 Å². The number of hydrogen-bond acceptors (Lipinski definition) is 2. The Morgan fingerprint density at radius 3 is 1.47 bits per heavy atom. The number of hydrogen-bond donors (Lipinski definition) is 0. The van der Waals surface area contributed by atoms with Gasteiger partial charge >= 0.3 is 0 Å². The van der Waals surface area contributed by atoms with Crippen molar-refractivity contribution in [1.82, 2.24) is 0 Å². The quantitative estimate of drug-likeness (QED) is 0.162. The van der Waals surface area contributed by atoms with E-state index in [1.807, 2.05) is 12.5 Å². The molecule has 0 N–H and O–H groups in total. The highest BCUT2D eigenvalue weighted by Crippen LogP contribution is 2.44. The van der Waals surface area contributed by atoms with E-state index >= 15 is 0 Å². The van der Waals surface area contributed by atoms with Crippen molar-refractivity contribution in [1.29, 1.82) is 0 Å². The number of rotatable bonds is 12. The molecule has 0 fully saturated rings. The van der Waals surface area contributed by atoms with Crippen molar-refractivity contribution in [2.75, 3.05) is 0 Å². The van der Waals surface area contributed by atoms with Crippen molar-refractivity contribution in [2.45, 2.75) is 79.1 Å². The molecule has 3 rings (SSSR count). The molecular formula is C30H38O2. The van der Waals surface area contributed by atoms with E-state index in [9.17, 15) is 0 Å². The number of unbranched alkanes of at least 4 members (excludes halogenated alkanes) is 6. The smallest absolute Gasteiger partial charge is 0.142 e. The van der Waals surface area contributed by atoms with E-state index < -0.39 is 0 Å². The molecule has 0 amide bonds. The first kappa shape index (κ1) is 23.9. The summed E-state index contributed by atoms with van der Waals surface area (Å²) in [6.07, 6.45) is 17.5. The standard InChI is InChI=1S/C30H38O2/c1-5-7-9-11-15-19-31-29-25-17-13-14-18-26(25)30(32-20-16-12-10-8-6-2)28-22-24(4)23(3)21-27(28)29/h13-22H,5-12H2,1-4H3/b19-15+,20-16+. The predicted octanol–water partition coefficient (Wildman–Crippen LogP) is 9.56. The van der Waals surface area contributed by atoms with Crippen molar-refractivity contribution in [2.24, 2.45) is 0 Å². The highest BCUT2D eigenvalue weighted by Gasteiger charge is 2.16. The average Bonchev–Trinajstić information content (AvgIpc) is 2.80. The van der Waals surface area contributed by atoms with Gasteiger partial charge in [0.05, 0.1) is 12.5 Å². The lowest BCUT2D eigenvalue weighted by Crippen LogP contribution is -1.94. The van der Waals surface area contributed by atoms with Crippen LogP contribution in [0.3, 0.4) is 0 Å². The maximum atomic E-state index is 6.28. The average molecular weight is 431 g/mol. The van der Waals surface area contributed by atoms with Crippen LogP contribution in [0.1, 0.15) is 76.3 Å². The summed E-state index contributed by atoms with van der Waals surface area (Å²) in [6, 6.07) is 12.9. The molecule has 0 spiro atoms. The lowest BCUT2D eigenvalue weighted by atomic mass is 9.96. The maximum Gasteiger partial charge on any atom is 0.142 e. The van der Waals surface area contributed by atoms with Gasteiger partial charge in [-0.1, -0.05) is 63.8 Å². The van der Waals surface area contributed by atoms with E-state index in [4.69, 9.17) is 9.47 Å². The van der Waals surface area contributed by atoms with Crippen LogP contribution in [0, 0.1) is 13.8 Å². The fourth-order valence-corrected chi connectivity index (χ4v) is 4.01. The van der Waals surface area contributed by atoms with Crippen LogP contribution in [-0.4, -0.2) is 0 Å². The molecule has 2 heteroatoms. The first-order valence-electron chi connectivity index (χ1n) is 12.3. The van der Waals surface area contributed by atoms with E-state index in [0.29, 0.717) is 0 Å². The number of fused-ring (bicyclic) bond motifs is 2. The van der Waals surface area contributed by atoms with Crippen LogP contribution in [0.4, 0.5) is 0 Å². The zero-order valence-electron chi connectivity index (χ0n) is 20.2. The minimum Gasteiger partial charge on any atom is -0.464 e. The lowest BCUT2D eigenvalue weighted by molar-refractivity contribution is 0.481. The summed E-state index contributed by atoms with van der Waals surface area (Å²) >= 11 is 0. The molecule has 0 radical (unpaired) electrons. The molecule has 0 unspecified atom stereocenters. The molecule has 0 aliphatic heterocycles. The van der Waals surface area contributed by atoms with Crippen LogP contribution >= 0.6 is 0 Å². The third kappa shape index (κ3) is 5.94. The number of allylic oxidation sites excluding steroid dienone is 2. The Morgan fingerprint density at radius 1 is 0.625 bits per heavy atom. The van der Waals surface area contributed by atoms with Gasteiger partial charge in [0.2, 0.25) is 0 Å². The maximum absolute atomic E-state index is 6.28. The summed E-state index contributed by atoms with van der Waals surface area (Å²) in [5.41, 5.74) is 2.51. The number of ether oxygens (including phenoxy) is 2. The van der Waals surface area contributed by atoms with Gasteiger partial charge in [0, 0.05) is 21.5 Å². The highest BCUT2D eigenvalue weighted by molar-refractivity contribution is 6.11. The second-order valence-corrected chi connectivity index (χ2v) is 8.66. The molecule has 0 atom stereocenters. The second-order valence-electron chi connectivity index (χ2n) is 8.66. The molecule has 32 heavy (non-hydrogen) atoms. The molecule has 0 aromatic heterocycles. The minimum atomic E-state index is 0.907. The zero-order chi connectivity index (χ0) is 22.8. The van der Waals surface area contributed by atoms with Gasteiger partial charge in [-0.05, 0) is 74.9 Å². The van der Waals surface area contributed by atoms with Gasteiger partial charge in [0.25, 0.3) is 0 Å². The van der Waals surface area contributed by atoms with Crippen LogP contribution in [-0.2, 0) is 0 Å². The molecule has 0 aliphatic carbocycles. The summed E-state index contributed by atoms with van der Waals surface area (Å²) < 4.78 is 12.6. The van der Waals surface area contributed by atoms with Crippen molar-refractivity contribution >= 4 is 21.5 Å². The summed E-state index contributed by atoms with van der Waals surface area (Å²) in [5, 5.41) is 4.35. The third-order valence-corrected chi connectivity index (χ3v) is 6.05. The molecule has 2 nitrogen and oxygen atoms in total. The molecule has 3 aromatic carbocycles. The van der Waals surface area contributed by atoms with Crippen LogP contribution in [0.5, 0.6) is 11.5 Å². The van der Waals surface area contributed by atoms with Gasteiger partial charge in [-0.2, -0.15) is 0 Å². The van der Waals surface area contributed by atoms with Gasteiger partial charge in [-0.15, -0.1) is 0 Å². The Kier molecular flexibility index (Phi) is 9.22. The lowest BCUT2D eigenvalue weighted by Gasteiger charge is -2.16. The van der Waals surface area contributed by atoms with Crippen molar-refractivity contribution < 1.29 is 9.47 Å². The van der Waals surface area contributed by atoms with E-state index in [1.54, 1.807) is 0 Å². The topological polar surface area (TPSA) is 18.5 Å². The van der Waals surface area contributed by atoms with E-state index in [-0.39, 0.29) is 0 Å². The summed E-state index contributed by atoms with van der Waals surface area (Å²) in [4.78, 5) is 0. The molecule has 0 heterocycles. The molecule has 0 saturated carbocycles. The van der Waals surface area contributed by atoms with E-state index in [1.165, 1.54) is 49.7 Å². The second kappa shape index (κ2) is 12.3. The fraction of sp³-hybridized carbons (Fsp3) is 0.400. The first-order chi connectivity index (χ1) is 15.7. The van der Waals surface area contributed by atoms with Gasteiger partial charge in [-0.3, -0.25) is 0 Å². The van der Waals surface area contributed by atoms with Crippen LogP contribution in [0.2, 0.25) is 0 Å². The van der Waals surface area contributed by atoms with Crippen LogP contribution in [0.15, 0.2) is 61.1 Å². The van der Waals surface area contributed by atoms with Gasteiger partial charge in [0.15, 0.2) is 0 Å². The monoisotopic (exact) mass is 430 g/mol. The Bertz CT molecular complexity index is 989. The van der Waals surface area contributed by atoms with E-state index in [2.05, 4.69) is 76.2 Å². The normalized spacial score (nSPS) is 11.9. The van der Waals surface area contributed by atoms with Gasteiger partial charge < -0.3 is 9.47 Å². The fourth-order valence-electron chi connectivity index (χ4n) is 4.01. The van der Waals surface area contributed by atoms with Crippen molar-refractivity contribution in [3.05, 3.63) is 72.2 Å². The number of benzene rings is 3. The third-order valence-electron chi connectivity index (χ3n) is 6.05. The number of aryl methyl sites for hydroxylation is 2. The highest BCUT2D eigenvalue weighted by atomic mass is 16.5. The van der Waals surface area contributed by atoms with Crippen molar-refractivity contribution in [3.63, 3.8) is 0 Å². The SMILES string of the molecule is CCCCC/C=C/Oc1c2ccccc2c(O/C=C/CCCCC)c2cc(C)c(C)cc12. The molecule has 170 valence electrons. The molecule has 0 saturated heterocycles. The summed E-state index contributed by atoms with van der Waals surface area (Å²) in [7, 11) is 0. The Labute approximate surface area is 193 Å². The van der Waals surface area contributed by atoms with Gasteiger partial charge in [0.1, 0.15) is 11.5 Å². The Hall–Kier alpha value is -2.74. The summed E-state index contributed by atoms with van der Waals surface area (Å²) in [6.45, 7) is 8.77. The van der Waals surface area contributed by atoms with Crippen molar-refractivity contribution in [3.8, 4) is 11.5 Å². The summed E-state index contributed by atoms with van der Waals surface area (Å²) in [5.74, 6) is 1.81.